The number of fused-ring (bicyclic) bond motifs is 1. The van der Waals surface area contributed by atoms with Crippen molar-refractivity contribution in [2.45, 2.75) is 38.6 Å². The molecule has 316 valence electrons. The number of nitrogens with zero attached hydrogens (tertiary/aromatic N) is 4. The molecule has 1 aromatic heterocycles. The van der Waals surface area contributed by atoms with Crippen molar-refractivity contribution in [1.82, 2.24) is 15.6 Å². The van der Waals surface area contributed by atoms with Gasteiger partial charge in [-0.25, -0.2) is 4.98 Å². The number of azide groups is 1. The lowest BCUT2D eigenvalue weighted by Crippen LogP contribution is -2.39. The average molecular weight is 814 g/mol. The lowest BCUT2D eigenvalue weighted by atomic mass is 9.95. The first kappa shape index (κ1) is 45.9. The highest BCUT2D eigenvalue weighted by Crippen LogP contribution is 2.35. The summed E-state index contributed by atoms with van der Waals surface area (Å²) in [6, 6.07) is 22.8. The van der Waals surface area contributed by atoms with Crippen molar-refractivity contribution in [3.05, 3.63) is 101 Å². The van der Waals surface area contributed by atoms with Gasteiger partial charge in [0.05, 0.1) is 79.0 Å². The average Bonchev–Trinajstić information content (AvgIpc) is 3.25. The van der Waals surface area contributed by atoms with Crippen LogP contribution in [0, 0.1) is 6.92 Å². The second kappa shape index (κ2) is 27.0. The molecule has 0 spiro atoms. The van der Waals surface area contributed by atoms with Gasteiger partial charge in [-0.15, -0.1) is 0 Å². The third-order valence-electron chi connectivity index (χ3n) is 8.94. The maximum absolute atomic E-state index is 12.9. The summed E-state index contributed by atoms with van der Waals surface area (Å²) in [7, 11) is 1.30. The van der Waals surface area contributed by atoms with Crippen LogP contribution < -0.4 is 20.7 Å². The summed E-state index contributed by atoms with van der Waals surface area (Å²) in [6.07, 6.45) is 3.39. The first-order valence-electron chi connectivity index (χ1n) is 19.7. The van der Waals surface area contributed by atoms with Crippen molar-refractivity contribution in [3.63, 3.8) is 0 Å². The van der Waals surface area contributed by atoms with E-state index in [1.54, 1.807) is 6.20 Å². The zero-order valence-corrected chi connectivity index (χ0v) is 33.9. The molecular weight excluding hydrogens is 759 g/mol. The van der Waals surface area contributed by atoms with Gasteiger partial charge in [0.1, 0.15) is 18.2 Å². The molecule has 1 heterocycles. The van der Waals surface area contributed by atoms with Crippen molar-refractivity contribution in [2.75, 3.05) is 91.5 Å². The lowest BCUT2D eigenvalue weighted by Gasteiger charge is -2.19. The Morgan fingerprint density at radius 3 is 2.15 bits per heavy atom. The lowest BCUT2D eigenvalue weighted by molar-refractivity contribution is -0.141. The molecule has 4 aromatic rings. The number of nitrogens with one attached hydrogen (secondary N) is 3. The Morgan fingerprint density at radius 1 is 0.797 bits per heavy atom. The number of esters is 1. The van der Waals surface area contributed by atoms with Crippen LogP contribution in [0.15, 0.2) is 84.1 Å². The largest absolute Gasteiger partial charge is 0.491 e. The minimum absolute atomic E-state index is 0.0704. The van der Waals surface area contributed by atoms with E-state index in [0.717, 1.165) is 51.0 Å². The molecule has 1 atom stereocenters. The summed E-state index contributed by atoms with van der Waals surface area (Å²) in [5.74, 6) is 0.430. The van der Waals surface area contributed by atoms with E-state index < -0.39 is 17.9 Å². The van der Waals surface area contributed by atoms with E-state index in [4.69, 9.17) is 34.0 Å². The molecule has 16 heteroatoms. The quantitative estimate of drug-likeness (QED) is 0.0188. The van der Waals surface area contributed by atoms with Crippen LogP contribution in [0.4, 0.5) is 5.82 Å². The van der Waals surface area contributed by atoms with Gasteiger partial charge in [-0.05, 0) is 71.1 Å². The van der Waals surface area contributed by atoms with E-state index in [1.165, 1.54) is 7.11 Å². The molecule has 4 rings (SSSR count). The summed E-state index contributed by atoms with van der Waals surface area (Å²) in [6.45, 7) is 6.52. The van der Waals surface area contributed by atoms with Crippen LogP contribution in [-0.4, -0.2) is 109 Å². The van der Waals surface area contributed by atoms with Crippen molar-refractivity contribution in [1.29, 1.82) is 0 Å². The normalized spacial score (nSPS) is 11.4. The Kier molecular flexibility index (Phi) is 21.0. The van der Waals surface area contributed by atoms with Gasteiger partial charge in [-0.1, -0.05) is 59.7 Å². The van der Waals surface area contributed by atoms with Crippen LogP contribution in [0.3, 0.4) is 0 Å². The zero-order chi connectivity index (χ0) is 41.9. The molecule has 59 heavy (non-hydrogen) atoms. The number of pyridine rings is 1. The molecule has 3 N–H and O–H groups in total. The highest BCUT2D eigenvalue weighted by atomic mass is 16.6. The Hall–Kier alpha value is -5.77. The van der Waals surface area contributed by atoms with Gasteiger partial charge in [-0.2, -0.15) is 0 Å². The molecular formula is C43H55N7O9. The van der Waals surface area contributed by atoms with Crippen molar-refractivity contribution in [3.8, 4) is 16.9 Å². The topological polar surface area (TPSA) is 204 Å². The number of carbonyl (C=O) groups excluding carboxylic acids is 3. The summed E-state index contributed by atoms with van der Waals surface area (Å²) < 4.78 is 32.9. The van der Waals surface area contributed by atoms with Gasteiger partial charge in [-0.3, -0.25) is 14.4 Å². The smallest absolute Gasteiger partial charge is 0.307 e. The van der Waals surface area contributed by atoms with Gasteiger partial charge >= 0.3 is 5.97 Å². The molecule has 2 amide bonds. The van der Waals surface area contributed by atoms with E-state index in [1.807, 2.05) is 79.7 Å². The molecule has 3 aromatic carbocycles. The number of carbonyl (C=O) groups is 3. The number of hydrogen-bond acceptors (Lipinski definition) is 12. The molecule has 0 bridgehead atoms. The fraction of sp³-hybridized carbons (Fsp3) is 0.442. The van der Waals surface area contributed by atoms with Crippen LogP contribution in [0.25, 0.3) is 32.3 Å². The Balaban J connectivity index is 1.20. The maximum atomic E-state index is 12.9. The molecule has 0 aliphatic rings. The third-order valence-corrected chi connectivity index (χ3v) is 8.94. The van der Waals surface area contributed by atoms with Crippen molar-refractivity contribution < 1.29 is 42.8 Å². The number of amides is 2. The van der Waals surface area contributed by atoms with E-state index in [-0.39, 0.29) is 25.3 Å². The zero-order valence-electron chi connectivity index (χ0n) is 33.9. The number of unbranched alkanes of at least 4 members (excludes halogenated alkanes) is 1. The molecule has 0 fully saturated rings. The summed E-state index contributed by atoms with van der Waals surface area (Å²) in [5, 5.41) is 14.2. The van der Waals surface area contributed by atoms with E-state index >= 15 is 0 Å². The number of benzene rings is 3. The Morgan fingerprint density at radius 2 is 1.47 bits per heavy atom. The van der Waals surface area contributed by atoms with Crippen molar-refractivity contribution >= 4 is 34.4 Å². The van der Waals surface area contributed by atoms with Gasteiger partial charge in [0.2, 0.25) is 11.8 Å². The second-order valence-corrected chi connectivity index (χ2v) is 13.3. The highest BCUT2D eigenvalue weighted by Gasteiger charge is 2.20. The van der Waals surface area contributed by atoms with E-state index in [2.05, 4.69) is 31.0 Å². The van der Waals surface area contributed by atoms with Crippen LogP contribution in [0.5, 0.6) is 5.75 Å². The van der Waals surface area contributed by atoms with Crippen LogP contribution >= 0.6 is 0 Å². The van der Waals surface area contributed by atoms with Crippen molar-refractivity contribution in [2.24, 2.45) is 5.11 Å². The number of ether oxygens (including phenoxy) is 6. The van der Waals surface area contributed by atoms with Crippen LogP contribution in [0.1, 0.15) is 42.9 Å². The fourth-order valence-electron chi connectivity index (χ4n) is 5.94. The molecule has 0 aliphatic heterocycles. The number of methoxy groups -OCH3 is 1. The Bertz CT molecular complexity index is 1940. The van der Waals surface area contributed by atoms with Gasteiger partial charge in [0.15, 0.2) is 0 Å². The summed E-state index contributed by atoms with van der Waals surface area (Å²) in [4.78, 5) is 44.6. The number of aryl methyl sites for hydroxylation is 1. The molecule has 0 saturated heterocycles. The maximum Gasteiger partial charge on any atom is 0.307 e. The van der Waals surface area contributed by atoms with Crippen LogP contribution in [-0.2, 0) is 38.1 Å². The number of hydrogen-bond donors (Lipinski definition) is 3. The summed E-state index contributed by atoms with van der Waals surface area (Å²) >= 11 is 0. The molecule has 0 saturated carbocycles. The Labute approximate surface area is 344 Å². The monoisotopic (exact) mass is 813 g/mol. The highest BCUT2D eigenvalue weighted by molar-refractivity contribution is 6.00. The molecule has 1 unspecified atom stereocenters. The SMILES string of the molecule is COC(=O)CC(NC(=O)CNC(=O)CCCCNc1cc(C)ccn1)c1ccc(-c2ccc(OCCOCCOCCOCCOCCN=[N+]=[N-])c3ccccc23)cc1. The fourth-order valence-corrected chi connectivity index (χ4v) is 5.94. The van der Waals surface area contributed by atoms with E-state index in [0.29, 0.717) is 79.0 Å². The second-order valence-electron chi connectivity index (χ2n) is 13.3. The predicted octanol–water partition coefficient (Wildman–Crippen LogP) is 6.08. The minimum atomic E-state index is -0.656. The minimum Gasteiger partial charge on any atom is -0.491 e. The third kappa shape index (κ3) is 17.3. The standard InChI is InChI=1S/C43H55N7O9/c1-32-16-18-46-40(29-32)45-17-6-5-9-41(51)47-31-42(52)49-38(30-43(53)54-2)34-12-10-33(11-13-34)35-14-15-39(37-8-4-3-7-36(35)37)59-28-27-58-26-25-57-24-23-56-22-21-55-20-19-48-50-44/h3-4,7-8,10-16,18,29,38H,5-6,9,17,19-28,30-31H2,1-2H3,(H,45,46)(H,47,51)(H,49,52). The number of anilines is 1. The van der Waals surface area contributed by atoms with Gasteiger partial charge in [0.25, 0.3) is 0 Å². The van der Waals surface area contributed by atoms with Gasteiger partial charge in [0, 0.05) is 36.0 Å². The van der Waals surface area contributed by atoms with E-state index in [9.17, 15) is 14.4 Å². The molecule has 0 radical (unpaired) electrons. The van der Waals surface area contributed by atoms with Crippen LogP contribution in [0.2, 0.25) is 0 Å². The summed E-state index contributed by atoms with van der Waals surface area (Å²) in [5.41, 5.74) is 12.0. The molecule has 16 nitrogen and oxygen atoms in total. The predicted molar refractivity (Wildman–Crippen MR) is 224 cm³/mol. The number of rotatable bonds is 29. The first-order chi connectivity index (χ1) is 28.9. The molecule has 0 aliphatic carbocycles. The number of aromatic nitrogens is 1. The first-order valence-corrected chi connectivity index (χ1v) is 19.7. The van der Waals surface area contributed by atoms with Gasteiger partial charge < -0.3 is 44.4 Å².